The SMILES string of the molecule is CC(C)CN1CCC(Nc2cncnc2)CC1. The van der Waals surface area contributed by atoms with E-state index in [4.69, 9.17) is 0 Å². The van der Waals surface area contributed by atoms with E-state index in [0.29, 0.717) is 6.04 Å². The fraction of sp³-hybridized carbons (Fsp3) is 0.692. The average Bonchev–Trinajstić information content (AvgIpc) is 2.32. The maximum Gasteiger partial charge on any atom is 0.115 e. The third kappa shape index (κ3) is 3.97. The fourth-order valence-corrected chi connectivity index (χ4v) is 2.39. The van der Waals surface area contributed by atoms with Gasteiger partial charge >= 0.3 is 0 Å². The second kappa shape index (κ2) is 5.96. The van der Waals surface area contributed by atoms with Gasteiger partial charge in [-0.15, -0.1) is 0 Å². The van der Waals surface area contributed by atoms with E-state index in [2.05, 4.69) is 34.0 Å². The van der Waals surface area contributed by atoms with Crippen molar-refractivity contribution in [2.75, 3.05) is 25.0 Å². The summed E-state index contributed by atoms with van der Waals surface area (Å²) in [4.78, 5) is 10.6. The highest BCUT2D eigenvalue weighted by atomic mass is 15.1. The van der Waals surface area contributed by atoms with E-state index in [9.17, 15) is 0 Å². The van der Waals surface area contributed by atoms with E-state index in [-0.39, 0.29) is 0 Å². The Morgan fingerprint density at radius 1 is 1.29 bits per heavy atom. The summed E-state index contributed by atoms with van der Waals surface area (Å²) in [6, 6.07) is 0.574. The van der Waals surface area contributed by atoms with E-state index < -0.39 is 0 Å². The minimum atomic E-state index is 0.574. The maximum absolute atomic E-state index is 4.02. The lowest BCUT2D eigenvalue weighted by Gasteiger charge is -2.33. The number of hydrogen-bond acceptors (Lipinski definition) is 4. The first-order chi connectivity index (χ1) is 8.24. The molecule has 1 aromatic rings. The summed E-state index contributed by atoms with van der Waals surface area (Å²) < 4.78 is 0. The third-order valence-electron chi connectivity index (χ3n) is 3.14. The average molecular weight is 234 g/mol. The Morgan fingerprint density at radius 2 is 1.94 bits per heavy atom. The molecule has 2 heterocycles. The molecule has 0 spiro atoms. The van der Waals surface area contributed by atoms with Crippen LogP contribution in [0, 0.1) is 5.92 Å². The topological polar surface area (TPSA) is 41.0 Å². The number of anilines is 1. The van der Waals surface area contributed by atoms with Crippen molar-refractivity contribution in [3.05, 3.63) is 18.7 Å². The van der Waals surface area contributed by atoms with Gasteiger partial charge < -0.3 is 10.2 Å². The molecule has 0 bridgehead atoms. The van der Waals surface area contributed by atoms with Crippen molar-refractivity contribution in [2.45, 2.75) is 32.7 Å². The molecule has 4 heteroatoms. The zero-order valence-electron chi connectivity index (χ0n) is 10.8. The fourth-order valence-electron chi connectivity index (χ4n) is 2.39. The Labute approximate surface area is 103 Å². The van der Waals surface area contributed by atoms with Crippen LogP contribution in [0.4, 0.5) is 5.69 Å². The molecule has 94 valence electrons. The Bertz CT molecular complexity index is 317. The van der Waals surface area contributed by atoms with E-state index in [1.165, 1.54) is 32.5 Å². The molecule has 0 atom stereocenters. The number of aromatic nitrogens is 2. The minimum Gasteiger partial charge on any atom is -0.380 e. The predicted molar refractivity (Wildman–Crippen MR) is 70.0 cm³/mol. The van der Waals surface area contributed by atoms with Crippen molar-refractivity contribution < 1.29 is 0 Å². The van der Waals surface area contributed by atoms with Gasteiger partial charge in [0.15, 0.2) is 0 Å². The smallest absolute Gasteiger partial charge is 0.115 e. The lowest BCUT2D eigenvalue weighted by Crippen LogP contribution is -2.40. The van der Waals surface area contributed by atoms with E-state index >= 15 is 0 Å². The van der Waals surface area contributed by atoms with Crippen molar-refractivity contribution in [3.63, 3.8) is 0 Å². The number of piperidine rings is 1. The van der Waals surface area contributed by atoms with Crippen molar-refractivity contribution in [2.24, 2.45) is 5.92 Å². The molecule has 1 fully saturated rings. The van der Waals surface area contributed by atoms with Crippen molar-refractivity contribution in [1.82, 2.24) is 14.9 Å². The lowest BCUT2D eigenvalue weighted by atomic mass is 10.0. The van der Waals surface area contributed by atoms with Crippen LogP contribution in [0.5, 0.6) is 0 Å². The molecule has 0 aromatic carbocycles. The van der Waals surface area contributed by atoms with Crippen LogP contribution in [0.2, 0.25) is 0 Å². The number of hydrogen-bond donors (Lipinski definition) is 1. The number of nitrogens with zero attached hydrogens (tertiary/aromatic N) is 3. The van der Waals surface area contributed by atoms with Crippen LogP contribution in [-0.4, -0.2) is 40.5 Å². The lowest BCUT2D eigenvalue weighted by molar-refractivity contribution is 0.198. The summed E-state index contributed by atoms with van der Waals surface area (Å²) in [5, 5.41) is 3.50. The summed E-state index contributed by atoms with van der Waals surface area (Å²) in [5.41, 5.74) is 1.04. The second-order valence-corrected chi connectivity index (χ2v) is 5.24. The molecule has 0 saturated carbocycles. The van der Waals surface area contributed by atoms with E-state index in [0.717, 1.165) is 11.6 Å². The molecule has 1 saturated heterocycles. The van der Waals surface area contributed by atoms with Gasteiger partial charge in [-0.25, -0.2) is 9.97 Å². The van der Waals surface area contributed by atoms with Crippen molar-refractivity contribution in [3.8, 4) is 0 Å². The highest BCUT2D eigenvalue weighted by molar-refractivity contribution is 5.38. The number of nitrogens with one attached hydrogen (secondary N) is 1. The molecular weight excluding hydrogens is 212 g/mol. The molecule has 0 radical (unpaired) electrons. The minimum absolute atomic E-state index is 0.574. The Morgan fingerprint density at radius 3 is 2.53 bits per heavy atom. The molecule has 1 N–H and O–H groups in total. The quantitative estimate of drug-likeness (QED) is 0.865. The Balaban J connectivity index is 1.76. The molecule has 1 aliphatic heterocycles. The molecule has 2 rings (SSSR count). The third-order valence-corrected chi connectivity index (χ3v) is 3.14. The van der Waals surface area contributed by atoms with Gasteiger partial charge in [0, 0.05) is 25.7 Å². The maximum atomic E-state index is 4.02. The van der Waals surface area contributed by atoms with Crippen molar-refractivity contribution in [1.29, 1.82) is 0 Å². The van der Waals surface area contributed by atoms with Crippen LogP contribution >= 0.6 is 0 Å². The molecule has 1 aliphatic rings. The summed E-state index contributed by atoms with van der Waals surface area (Å²) in [5.74, 6) is 0.766. The molecule has 4 nitrogen and oxygen atoms in total. The van der Waals surface area contributed by atoms with Crippen LogP contribution in [-0.2, 0) is 0 Å². The molecule has 17 heavy (non-hydrogen) atoms. The number of rotatable bonds is 4. The molecule has 1 aromatic heterocycles. The van der Waals surface area contributed by atoms with Crippen LogP contribution in [0.15, 0.2) is 18.7 Å². The van der Waals surface area contributed by atoms with Gasteiger partial charge in [-0.05, 0) is 18.8 Å². The van der Waals surface area contributed by atoms with Crippen LogP contribution in [0.3, 0.4) is 0 Å². The standard InChI is InChI=1S/C13H22N4/c1-11(2)9-17-5-3-12(4-6-17)16-13-7-14-10-15-8-13/h7-8,10-12,16H,3-6,9H2,1-2H3. The van der Waals surface area contributed by atoms with Gasteiger partial charge in [-0.1, -0.05) is 13.8 Å². The first-order valence-corrected chi connectivity index (χ1v) is 6.48. The largest absolute Gasteiger partial charge is 0.380 e. The van der Waals surface area contributed by atoms with Gasteiger partial charge in [-0.2, -0.15) is 0 Å². The van der Waals surface area contributed by atoms with Gasteiger partial charge in [-0.3, -0.25) is 0 Å². The Hall–Kier alpha value is -1.16. The Kier molecular flexibility index (Phi) is 4.31. The monoisotopic (exact) mass is 234 g/mol. The zero-order valence-corrected chi connectivity index (χ0v) is 10.8. The summed E-state index contributed by atoms with van der Waals surface area (Å²) in [7, 11) is 0. The van der Waals surface area contributed by atoms with E-state index in [1.54, 1.807) is 6.33 Å². The van der Waals surface area contributed by atoms with Gasteiger partial charge in [0.1, 0.15) is 6.33 Å². The first kappa shape index (κ1) is 12.3. The van der Waals surface area contributed by atoms with Gasteiger partial charge in [0.2, 0.25) is 0 Å². The number of likely N-dealkylation sites (tertiary alicyclic amines) is 1. The molecule has 0 aliphatic carbocycles. The second-order valence-electron chi connectivity index (χ2n) is 5.24. The van der Waals surface area contributed by atoms with Gasteiger partial charge in [0.25, 0.3) is 0 Å². The van der Waals surface area contributed by atoms with Crippen molar-refractivity contribution >= 4 is 5.69 Å². The summed E-state index contributed by atoms with van der Waals surface area (Å²) >= 11 is 0. The zero-order chi connectivity index (χ0) is 12.1. The van der Waals surface area contributed by atoms with Gasteiger partial charge in [0.05, 0.1) is 18.1 Å². The first-order valence-electron chi connectivity index (χ1n) is 6.48. The normalized spacial score (nSPS) is 18.5. The summed E-state index contributed by atoms with van der Waals surface area (Å²) in [6.45, 7) is 8.19. The van der Waals surface area contributed by atoms with Crippen LogP contribution < -0.4 is 5.32 Å². The highest BCUT2D eigenvalue weighted by Crippen LogP contribution is 2.16. The predicted octanol–water partition coefficient (Wildman–Crippen LogP) is 2.01. The molecule has 0 unspecified atom stereocenters. The molecule has 0 amide bonds. The highest BCUT2D eigenvalue weighted by Gasteiger charge is 2.19. The molecular formula is C13H22N4. The summed E-state index contributed by atoms with van der Waals surface area (Å²) in [6.07, 6.45) is 7.67. The van der Waals surface area contributed by atoms with E-state index in [1.807, 2.05) is 12.4 Å². The van der Waals surface area contributed by atoms with Crippen LogP contribution in [0.1, 0.15) is 26.7 Å². The van der Waals surface area contributed by atoms with Crippen LogP contribution in [0.25, 0.3) is 0 Å².